The number of amides is 2. The maximum Gasteiger partial charge on any atom is 0.257 e. The van der Waals surface area contributed by atoms with Gasteiger partial charge in [0.2, 0.25) is 11.7 Å². The molecule has 27 heavy (non-hydrogen) atoms. The Morgan fingerprint density at radius 1 is 1.15 bits per heavy atom. The SMILES string of the molecule is CCCCNC(=O)C1CCCN(C(=O)c2ccc(OC)c(OC)c2OC)C1. The molecule has 1 aliphatic rings. The fourth-order valence-electron chi connectivity index (χ4n) is 3.35. The molecule has 2 rings (SSSR count). The Labute approximate surface area is 161 Å². The van der Waals surface area contributed by atoms with E-state index in [1.807, 2.05) is 0 Å². The van der Waals surface area contributed by atoms with Gasteiger partial charge >= 0.3 is 0 Å². The molecular weight excluding hydrogens is 348 g/mol. The molecule has 0 spiro atoms. The van der Waals surface area contributed by atoms with E-state index in [0.29, 0.717) is 42.4 Å². The normalized spacial score (nSPS) is 16.6. The van der Waals surface area contributed by atoms with E-state index in [2.05, 4.69) is 12.2 Å². The first-order chi connectivity index (χ1) is 13.1. The highest BCUT2D eigenvalue weighted by Gasteiger charge is 2.31. The molecule has 0 radical (unpaired) electrons. The molecule has 2 amide bonds. The van der Waals surface area contributed by atoms with Gasteiger partial charge in [-0.1, -0.05) is 13.3 Å². The summed E-state index contributed by atoms with van der Waals surface area (Å²) in [5.41, 5.74) is 0.405. The first-order valence-electron chi connectivity index (χ1n) is 9.43. The molecule has 7 heteroatoms. The van der Waals surface area contributed by atoms with E-state index in [9.17, 15) is 9.59 Å². The highest BCUT2D eigenvalue weighted by molar-refractivity contribution is 5.98. The largest absolute Gasteiger partial charge is 0.493 e. The number of unbranched alkanes of at least 4 members (excludes halogenated alkanes) is 1. The second-order valence-corrected chi connectivity index (χ2v) is 6.62. The number of hydrogen-bond acceptors (Lipinski definition) is 5. The van der Waals surface area contributed by atoms with Gasteiger partial charge in [-0.25, -0.2) is 0 Å². The Morgan fingerprint density at radius 3 is 2.52 bits per heavy atom. The van der Waals surface area contributed by atoms with E-state index < -0.39 is 0 Å². The van der Waals surface area contributed by atoms with Gasteiger partial charge in [0.25, 0.3) is 5.91 Å². The van der Waals surface area contributed by atoms with Crippen molar-refractivity contribution in [2.45, 2.75) is 32.6 Å². The van der Waals surface area contributed by atoms with Crippen molar-refractivity contribution in [1.82, 2.24) is 10.2 Å². The molecule has 0 aliphatic carbocycles. The molecule has 7 nitrogen and oxygen atoms in total. The van der Waals surface area contributed by atoms with Crippen LogP contribution in [0.3, 0.4) is 0 Å². The molecule has 0 bridgehead atoms. The van der Waals surface area contributed by atoms with Crippen LogP contribution in [0.25, 0.3) is 0 Å². The van der Waals surface area contributed by atoms with E-state index in [1.54, 1.807) is 17.0 Å². The third kappa shape index (κ3) is 4.84. The maximum atomic E-state index is 13.1. The fourth-order valence-corrected chi connectivity index (χ4v) is 3.35. The summed E-state index contributed by atoms with van der Waals surface area (Å²) >= 11 is 0. The minimum Gasteiger partial charge on any atom is -0.493 e. The highest BCUT2D eigenvalue weighted by atomic mass is 16.5. The third-order valence-electron chi connectivity index (χ3n) is 4.84. The van der Waals surface area contributed by atoms with Crippen LogP contribution >= 0.6 is 0 Å². The number of ether oxygens (including phenoxy) is 3. The van der Waals surface area contributed by atoms with Gasteiger partial charge in [0.15, 0.2) is 11.5 Å². The molecule has 150 valence electrons. The van der Waals surface area contributed by atoms with Crippen LogP contribution in [-0.2, 0) is 4.79 Å². The number of rotatable bonds is 8. The first-order valence-corrected chi connectivity index (χ1v) is 9.43. The van der Waals surface area contributed by atoms with Crippen LogP contribution in [0.5, 0.6) is 17.2 Å². The standard InChI is InChI=1S/C20H30N2O5/c1-5-6-11-21-19(23)14-8-7-12-22(13-14)20(24)15-9-10-16(25-2)18(27-4)17(15)26-3/h9-10,14H,5-8,11-13H2,1-4H3,(H,21,23). The minimum atomic E-state index is -0.175. The number of benzene rings is 1. The van der Waals surface area contributed by atoms with Crippen LogP contribution < -0.4 is 19.5 Å². The Kier molecular flexibility index (Phi) is 7.76. The summed E-state index contributed by atoms with van der Waals surface area (Å²) in [6.45, 7) is 3.80. The molecule has 1 heterocycles. The van der Waals surface area contributed by atoms with Gasteiger partial charge in [0.1, 0.15) is 0 Å². The highest BCUT2D eigenvalue weighted by Crippen LogP contribution is 2.40. The van der Waals surface area contributed by atoms with Crippen LogP contribution in [-0.4, -0.2) is 57.7 Å². The summed E-state index contributed by atoms with van der Waals surface area (Å²) in [7, 11) is 4.53. The molecule has 1 saturated heterocycles. The smallest absolute Gasteiger partial charge is 0.257 e. The van der Waals surface area contributed by atoms with E-state index in [4.69, 9.17) is 14.2 Å². The predicted molar refractivity (Wildman–Crippen MR) is 103 cm³/mol. The van der Waals surface area contributed by atoms with Crippen molar-refractivity contribution in [3.05, 3.63) is 17.7 Å². The van der Waals surface area contributed by atoms with Crippen molar-refractivity contribution in [2.75, 3.05) is 41.0 Å². The minimum absolute atomic E-state index is 0.0280. The molecule has 1 unspecified atom stereocenters. The molecular formula is C20H30N2O5. The zero-order valence-electron chi connectivity index (χ0n) is 16.7. The van der Waals surface area contributed by atoms with Crippen LogP contribution in [0.1, 0.15) is 43.0 Å². The summed E-state index contributed by atoms with van der Waals surface area (Å²) in [4.78, 5) is 27.2. The number of likely N-dealkylation sites (tertiary alicyclic amines) is 1. The number of nitrogens with one attached hydrogen (secondary N) is 1. The Balaban J connectivity index is 2.16. The van der Waals surface area contributed by atoms with Crippen molar-refractivity contribution >= 4 is 11.8 Å². The van der Waals surface area contributed by atoms with Crippen molar-refractivity contribution in [2.24, 2.45) is 5.92 Å². The summed E-state index contributed by atoms with van der Waals surface area (Å²) in [5.74, 6) is 0.913. The van der Waals surface area contributed by atoms with Gasteiger partial charge < -0.3 is 24.4 Å². The van der Waals surface area contributed by atoms with Gasteiger partial charge in [-0.15, -0.1) is 0 Å². The van der Waals surface area contributed by atoms with Crippen molar-refractivity contribution in [3.63, 3.8) is 0 Å². The average molecular weight is 378 g/mol. The van der Waals surface area contributed by atoms with E-state index in [-0.39, 0.29) is 17.7 Å². The van der Waals surface area contributed by atoms with Crippen molar-refractivity contribution in [3.8, 4) is 17.2 Å². The van der Waals surface area contributed by atoms with Gasteiger partial charge in [-0.2, -0.15) is 0 Å². The lowest BCUT2D eigenvalue weighted by atomic mass is 9.96. The number of methoxy groups -OCH3 is 3. The topological polar surface area (TPSA) is 77.1 Å². The lowest BCUT2D eigenvalue weighted by molar-refractivity contribution is -0.126. The second-order valence-electron chi connectivity index (χ2n) is 6.62. The monoisotopic (exact) mass is 378 g/mol. The Hall–Kier alpha value is -2.44. The van der Waals surface area contributed by atoms with Crippen molar-refractivity contribution < 1.29 is 23.8 Å². The molecule has 1 aromatic carbocycles. The van der Waals surface area contributed by atoms with Gasteiger partial charge in [-0.3, -0.25) is 9.59 Å². The number of carbonyl (C=O) groups is 2. The second kappa shape index (κ2) is 10.0. The van der Waals surface area contributed by atoms with Gasteiger partial charge in [-0.05, 0) is 31.4 Å². The van der Waals surface area contributed by atoms with E-state index in [1.165, 1.54) is 21.3 Å². The molecule has 1 aliphatic heterocycles. The summed E-state index contributed by atoms with van der Waals surface area (Å²) in [6, 6.07) is 3.36. The van der Waals surface area contributed by atoms with Crippen LogP contribution in [0.15, 0.2) is 12.1 Å². The van der Waals surface area contributed by atoms with E-state index >= 15 is 0 Å². The third-order valence-corrected chi connectivity index (χ3v) is 4.84. The summed E-state index contributed by atoms with van der Waals surface area (Å²) in [6.07, 6.45) is 3.59. The Morgan fingerprint density at radius 2 is 1.89 bits per heavy atom. The van der Waals surface area contributed by atoms with Crippen LogP contribution in [0.4, 0.5) is 0 Å². The number of piperidine rings is 1. The summed E-state index contributed by atoms with van der Waals surface area (Å²) < 4.78 is 16.1. The Bertz CT molecular complexity index is 662. The molecule has 1 N–H and O–H groups in total. The van der Waals surface area contributed by atoms with E-state index in [0.717, 1.165) is 25.7 Å². The molecule has 1 atom stereocenters. The lowest BCUT2D eigenvalue weighted by Gasteiger charge is -2.32. The zero-order chi connectivity index (χ0) is 19.8. The predicted octanol–water partition coefficient (Wildman–Crippen LogP) is 2.48. The van der Waals surface area contributed by atoms with Gasteiger partial charge in [0.05, 0.1) is 32.8 Å². The number of hydrogen-bond donors (Lipinski definition) is 1. The maximum absolute atomic E-state index is 13.1. The van der Waals surface area contributed by atoms with Crippen LogP contribution in [0, 0.1) is 5.92 Å². The molecule has 0 aromatic heterocycles. The zero-order valence-corrected chi connectivity index (χ0v) is 16.7. The fraction of sp³-hybridized carbons (Fsp3) is 0.600. The molecule has 1 fully saturated rings. The first kappa shape index (κ1) is 20.9. The lowest BCUT2D eigenvalue weighted by Crippen LogP contribution is -2.45. The van der Waals surface area contributed by atoms with Gasteiger partial charge in [0, 0.05) is 19.6 Å². The summed E-state index contributed by atoms with van der Waals surface area (Å²) in [5, 5.41) is 2.97. The quantitative estimate of drug-likeness (QED) is 0.703. The van der Waals surface area contributed by atoms with Crippen molar-refractivity contribution in [1.29, 1.82) is 0 Å². The number of nitrogens with zero attached hydrogens (tertiary/aromatic N) is 1. The number of carbonyl (C=O) groups excluding carboxylic acids is 2. The molecule has 1 aromatic rings. The average Bonchev–Trinajstić information content (AvgIpc) is 2.72. The van der Waals surface area contributed by atoms with Crippen LogP contribution in [0.2, 0.25) is 0 Å². The molecule has 0 saturated carbocycles.